The molecular weight excluding hydrogens is 422 g/mol. The van der Waals surface area contributed by atoms with Crippen LogP contribution in [0.5, 0.6) is 0 Å². The number of pyridine rings is 1. The van der Waals surface area contributed by atoms with E-state index in [1.54, 1.807) is 6.20 Å². The molecule has 0 unspecified atom stereocenters. The summed E-state index contributed by atoms with van der Waals surface area (Å²) in [6, 6.07) is 1.90. The van der Waals surface area contributed by atoms with E-state index in [2.05, 4.69) is 78.6 Å². The molecular formula is C23H33N5OSSi. The van der Waals surface area contributed by atoms with Crippen molar-refractivity contribution in [1.82, 2.24) is 20.3 Å². The molecule has 2 aromatic rings. The standard InChI is InChI=1S/C23H33N5OSSi/c1-14(2)31(15(3)4,16(5)6)11-10-17-12-20(27-22(29)25-18-8-9-18)26-21-19(17)13-24-23(28-21)30-7/h12-16,18H,8-9H2,1-7H3,(H2,24,25,26,27,28,29). The van der Waals surface area contributed by atoms with Crippen LogP contribution in [0.4, 0.5) is 10.6 Å². The summed E-state index contributed by atoms with van der Waals surface area (Å²) in [5, 5.41) is 7.27. The highest BCUT2D eigenvalue weighted by molar-refractivity contribution is 7.98. The fourth-order valence-electron chi connectivity index (χ4n) is 4.43. The zero-order valence-electron chi connectivity index (χ0n) is 19.5. The van der Waals surface area contributed by atoms with Gasteiger partial charge in [0.1, 0.15) is 13.9 Å². The van der Waals surface area contributed by atoms with Gasteiger partial charge < -0.3 is 5.32 Å². The van der Waals surface area contributed by atoms with Crippen molar-refractivity contribution in [2.45, 2.75) is 82.2 Å². The van der Waals surface area contributed by atoms with Crippen LogP contribution in [-0.2, 0) is 0 Å². The van der Waals surface area contributed by atoms with Gasteiger partial charge in [0, 0.05) is 17.8 Å². The number of nitrogens with one attached hydrogen (secondary N) is 2. The number of thioether (sulfide) groups is 1. The number of hydrogen-bond acceptors (Lipinski definition) is 5. The molecule has 2 N–H and O–H groups in total. The number of carbonyl (C=O) groups excluding carboxylic acids is 1. The Bertz CT molecular complexity index is 1000. The van der Waals surface area contributed by atoms with Crippen LogP contribution in [0, 0.1) is 11.5 Å². The Hall–Kier alpha value is -2.11. The van der Waals surface area contributed by atoms with Crippen LogP contribution in [0.1, 0.15) is 59.9 Å². The van der Waals surface area contributed by atoms with Gasteiger partial charge in [-0.15, -0.1) is 5.54 Å². The molecule has 0 bridgehead atoms. The van der Waals surface area contributed by atoms with Gasteiger partial charge in [-0.3, -0.25) is 5.32 Å². The van der Waals surface area contributed by atoms with E-state index in [4.69, 9.17) is 0 Å². The second-order valence-electron chi connectivity index (χ2n) is 9.17. The number of rotatable bonds is 6. The summed E-state index contributed by atoms with van der Waals surface area (Å²) in [6.07, 6.45) is 5.79. The SMILES string of the molecule is CSc1ncc2c(C#C[Si](C(C)C)(C(C)C)C(C)C)cc(NC(=O)NC3CC3)nc2n1. The molecule has 2 heterocycles. The number of urea groups is 1. The van der Waals surface area contributed by atoms with E-state index in [9.17, 15) is 4.79 Å². The van der Waals surface area contributed by atoms with Crippen LogP contribution in [0.25, 0.3) is 11.0 Å². The van der Waals surface area contributed by atoms with Crippen LogP contribution in [-0.4, -0.2) is 41.4 Å². The number of carbonyl (C=O) groups is 1. The minimum Gasteiger partial charge on any atom is -0.335 e. The Kier molecular flexibility index (Phi) is 7.27. The molecule has 6 nitrogen and oxygen atoms in total. The monoisotopic (exact) mass is 455 g/mol. The van der Waals surface area contributed by atoms with Gasteiger partial charge in [-0.2, -0.15) is 0 Å². The van der Waals surface area contributed by atoms with Crippen molar-refractivity contribution in [1.29, 1.82) is 0 Å². The predicted octanol–water partition coefficient (Wildman–Crippen LogP) is 5.60. The second-order valence-corrected chi connectivity index (χ2v) is 15.5. The molecule has 0 atom stereocenters. The smallest absolute Gasteiger partial charge is 0.320 e. The summed E-state index contributed by atoms with van der Waals surface area (Å²) >= 11 is 1.46. The minimum absolute atomic E-state index is 0.234. The maximum Gasteiger partial charge on any atom is 0.320 e. The molecule has 1 aliphatic carbocycles. The first-order valence-electron chi connectivity index (χ1n) is 11.0. The summed E-state index contributed by atoms with van der Waals surface area (Å²) < 4.78 is 0. The van der Waals surface area contributed by atoms with Crippen molar-refractivity contribution in [2.24, 2.45) is 0 Å². The van der Waals surface area contributed by atoms with Crippen LogP contribution < -0.4 is 10.6 Å². The highest BCUT2D eigenvalue weighted by Gasteiger charge is 2.41. The van der Waals surface area contributed by atoms with Crippen molar-refractivity contribution in [3.05, 3.63) is 17.8 Å². The van der Waals surface area contributed by atoms with E-state index in [0.717, 1.165) is 23.8 Å². The molecule has 31 heavy (non-hydrogen) atoms. The van der Waals surface area contributed by atoms with Crippen LogP contribution in [0.3, 0.4) is 0 Å². The Labute approximate surface area is 190 Å². The van der Waals surface area contributed by atoms with Gasteiger partial charge in [0.25, 0.3) is 0 Å². The number of anilines is 1. The third-order valence-corrected chi connectivity index (χ3v) is 13.0. The average molecular weight is 456 g/mol. The van der Waals surface area contributed by atoms with Gasteiger partial charge >= 0.3 is 6.03 Å². The van der Waals surface area contributed by atoms with E-state index in [0.29, 0.717) is 33.2 Å². The Balaban J connectivity index is 2.09. The summed E-state index contributed by atoms with van der Waals surface area (Å²) in [4.78, 5) is 25.8. The van der Waals surface area contributed by atoms with Gasteiger partial charge in [0.2, 0.25) is 0 Å². The predicted molar refractivity (Wildman–Crippen MR) is 132 cm³/mol. The van der Waals surface area contributed by atoms with Crippen molar-refractivity contribution in [2.75, 3.05) is 11.6 Å². The molecule has 1 fully saturated rings. The zero-order chi connectivity index (χ0) is 22.8. The number of nitrogens with zero attached hydrogens (tertiary/aromatic N) is 3. The lowest BCUT2D eigenvalue weighted by molar-refractivity contribution is 0.251. The summed E-state index contributed by atoms with van der Waals surface area (Å²) in [6.45, 7) is 13.8. The van der Waals surface area contributed by atoms with Crippen molar-refractivity contribution in [3.8, 4) is 11.5 Å². The first-order chi connectivity index (χ1) is 14.7. The molecule has 0 aromatic carbocycles. The topological polar surface area (TPSA) is 79.8 Å². The number of aromatic nitrogens is 3. The number of fused-ring (bicyclic) bond motifs is 1. The van der Waals surface area contributed by atoms with Crippen LogP contribution in [0.2, 0.25) is 16.6 Å². The number of amides is 2. The fourth-order valence-corrected chi connectivity index (χ4v) is 9.99. The van der Waals surface area contributed by atoms with Crippen molar-refractivity contribution >= 4 is 42.7 Å². The molecule has 1 aliphatic rings. The van der Waals surface area contributed by atoms with E-state index in [1.165, 1.54) is 11.8 Å². The largest absolute Gasteiger partial charge is 0.335 e. The molecule has 0 radical (unpaired) electrons. The molecule has 2 aromatic heterocycles. The van der Waals surface area contributed by atoms with Crippen LogP contribution >= 0.6 is 11.8 Å². The quantitative estimate of drug-likeness (QED) is 0.256. The van der Waals surface area contributed by atoms with E-state index in [-0.39, 0.29) is 12.1 Å². The molecule has 0 aliphatic heterocycles. The molecule has 8 heteroatoms. The molecule has 0 saturated heterocycles. The van der Waals surface area contributed by atoms with E-state index in [1.807, 2.05) is 12.3 Å². The van der Waals surface area contributed by atoms with Crippen molar-refractivity contribution < 1.29 is 4.79 Å². The Morgan fingerprint density at radius 3 is 2.32 bits per heavy atom. The first kappa shape index (κ1) is 23.5. The van der Waals surface area contributed by atoms with Gasteiger partial charge in [0.15, 0.2) is 10.8 Å². The third-order valence-electron chi connectivity index (χ3n) is 6.16. The van der Waals surface area contributed by atoms with Crippen molar-refractivity contribution in [3.63, 3.8) is 0 Å². The maximum atomic E-state index is 12.3. The first-order valence-corrected chi connectivity index (χ1v) is 14.5. The van der Waals surface area contributed by atoms with E-state index < -0.39 is 8.07 Å². The van der Waals surface area contributed by atoms with Gasteiger partial charge in [-0.1, -0.05) is 59.2 Å². The Morgan fingerprint density at radius 1 is 1.13 bits per heavy atom. The lowest BCUT2D eigenvalue weighted by Gasteiger charge is -2.38. The lowest BCUT2D eigenvalue weighted by Crippen LogP contribution is -2.43. The van der Waals surface area contributed by atoms with E-state index >= 15 is 0 Å². The summed E-state index contributed by atoms with van der Waals surface area (Å²) in [7, 11) is -1.90. The molecule has 3 rings (SSSR count). The highest BCUT2D eigenvalue weighted by Crippen LogP contribution is 2.41. The van der Waals surface area contributed by atoms with Crippen LogP contribution in [0.15, 0.2) is 17.4 Å². The number of hydrogen-bond donors (Lipinski definition) is 2. The summed E-state index contributed by atoms with van der Waals surface area (Å²) in [5.74, 6) is 3.95. The minimum atomic E-state index is -1.90. The maximum absolute atomic E-state index is 12.3. The second kappa shape index (κ2) is 9.57. The molecule has 0 spiro atoms. The normalized spacial score (nSPS) is 14.1. The highest BCUT2D eigenvalue weighted by atomic mass is 32.2. The molecule has 1 saturated carbocycles. The third kappa shape index (κ3) is 5.21. The Morgan fingerprint density at radius 2 is 1.77 bits per heavy atom. The zero-order valence-corrected chi connectivity index (χ0v) is 21.4. The lowest BCUT2D eigenvalue weighted by atomic mass is 10.2. The average Bonchev–Trinajstić information content (AvgIpc) is 3.50. The fraction of sp³-hybridized carbons (Fsp3) is 0.565. The van der Waals surface area contributed by atoms with Gasteiger partial charge in [0.05, 0.1) is 5.39 Å². The van der Waals surface area contributed by atoms with Gasteiger partial charge in [-0.05, 0) is 41.8 Å². The van der Waals surface area contributed by atoms with Gasteiger partial charge in [-0.25, -0.2) is 19.7 Å². The molecule has 2 amide bonds. The molecule has 166 valence electrons. The summed E-state index contributed by atoms with van der Waals surface area (Å²) in [5.41, 5.74) is 6.74.